The number of aromatic nitrogens is 8. The van der Waals surface area contributed by atoms with Crippen molar-refractivity contribution in [3.63, 3.8) is 0 Å². The Morgan fingerprint density at radius 1 is 0.333 bits per heavy atom. The van der Waals surface area contributed by atoms with Crippen LogP contribution in [0.2, 0.25) is 0 Å². The Hall–Kier alpha value is -6.35. The summed E-state index contributed by atoms with van der Waals surface area (Å²) < 4.78 is 0. The van der Waals surface area contributed by atoms with Crippen LogP contribution >= 0.6 is 9.42 Å². The number of nitrogens with zero attached hydrogens (tertiary/aromatic N) is 8. The van der Waals surface area contributed by atoms with Crippen LogP contribution in [0.4, 0.5) is 0 Å². The average Bonchev–Trinajstić information content (AvgIpc) is 3.97. The van der Waals surface area contributed by atoms with Crippen LogP contribution in [0.1, 0.15) is 7.43 Å². The third kappa shape index (κ3) is 13.9. The number of halogens is 1. The summed E-state index contributed by atoms with van der Waals surface area (Å²) in [6.07, 6.45) is 6.70. The van der Waals surface area contributed by atoms with E-state index in [0.29, 0.717) is 45.6 Å². The molecule has 0 amide bonds. The van der Waals surface area contributed by atoms with Gasteiger partial charge in [0, 0.05) is 47.6 Å². The molecule has 0 saturated heterocycles. The van der Waals surface area contributed by atoms with Crippen LogP contribution in [-0.4, -0.2) is 19.9 Å². The van der Waals surface area contributed by atoms with E-state index in [4.69, 9.17) is 0 Å². The summed E-state index contributed by atoms with van der Waals surface area (Å²) in [6, 6.07) is 60.9. The summed E-state index contributed by atoms with van der Waals surface area (Å²) in [5, 5.41) is 4.99. The third-order valence-corrected chi connectivity index (χ3v) is 9.99. The van der Waals surface area contributed by atoms with Crippen LogP contribution < -0.4 is 60.4 Å². The molecular weight excluding hydrogens is 1250 g/mol. The van der Waals surface area contributed by atoms with Crippen molar-refractivity contribution in [2.45, 2.75) is 7.43 Å². The number of hydrogen-bond acceptors (Lipinski definition) is 6. The summed E-state index contributed by atoms with van der Waals surface area (Å²) >= 11 is 1.61. The van der Waals surface area contributed by atoms with Crippen molar-refractivity contribution in [1.29, 1.82) is 0 Å². The van der Waals surface area contributed by atoms with Crippen molar-refractivity contribution >= 4 is 53.0 Å². The molecule has 0 aliphatic heterocycles. The molecule has 340 valence electrons. The van der Waals surface area contributed by atoms with Gasteiger partial charge in [0.1, 0.15) is 0 Å². The molecule has 12 rings (SSSR count). The topological polar surface area (TPSA) is 142 Å². The van der Waals surface area contributed by atoms with Crippen LogP contribution in [0, 0.1) is 0 Å². The summed E-state index contributed by atoms with van der Waals surface area (Å²) in [4.78, 5) is 58.3. The molecule has 0 aliphatic carbocycles. The molecule has 8 heterocycles. The maximum Gasteiger partial charge on any atom is 2.00 e. The SMILES string of the molecule is C.O=c1cc(-c2ccccn2)[n-]c(-c2ccccn2)c1.O=c1cc(-c2ccccn2)[n-]c(-c2ccccn2)c1.[Cl][Pt+].[Na+].[Pt+2].c1ccc2c(c1)[n-]c1ccccc12.c1ccc2c(c1)[n-]c1ccccc12. The van der Waals surface area contributed by atoms with Crippen molar-refractivity contribution in [2.75, 3.05) is 0 Å². The first-order valence-corrected chi connectivity index (χ1v) is 23.3. The van der Waals surface area contributed by atoms with Gasteiger partial charge in [-0.3, -0.25) is 29.5 Å². The van der Waals surface area contributed by atoms with Crippen LogP contribution in [0.15, 0.2) is 229 Å². The van der Waals surface area contributed by atoms with Gasteiger partial charge in [0.05, 0.1) is 0 Å². The van der Waals surface area contributed by atoms with E-state index < -0.39 is 0 Å². The van der Waals surface area contributed by atoms with Gasteiger partial charge < -0.3 is 19.9 Å². The molecule has 8 aromatic heterocycles. The van der Waals surface area contributed by atoms with Gasteiger partial charge >= 0.3 is 78.8 Å². The molecule has 69 heavy (non-hydrogen) atoms. The van der Waals surface area contributed by atoms with Crippen molar-refractivity contribution < 1.29 is 69.4 Å². The van der Waals surface area contributed by atoms with Gasteiger partial charge in [-0.1, -0.05) is 129 Å². The van der Waals surface area contributed by atoms with E-state index in [1.807, 2.05) is 97.1 Å². The van der Waals surface area contributed by atoms with E-state index in [2.05, 4.69) is 122 Å². The molecule has 14 heteroatoms. The monoisotopic (exact) mass is 1290 g/mol. The normalized spacial score (nSPS) is 9.96. The summed E-state index contributed by atoms with van der Waals surface area (Å²) in [7, 11) is 4.61. The first-order chi connectivity index (χ1) is 32.6. The maximum atomic E-state index is 11.8. The van der Waals surface area contributed by atoms with E-state index >= 15 is 0 Å². The molecule has 0 fully saturated rings. The predicted molar refractivity (Wildman–Crippen MR) is 267 cm³/mol. The molecule has 0 saturated carbocycles. The van der Waals surface area contributed by atoms with Gasteiger partial charge in [0.15, 0.2) is 10.9 Å². The predicted octanol–water partition coefficient (Wildman–Crippen LogP) is 8.48. The first-order valence-electron chi connectivity index (χ1n) is 20.5. The van der Waals surface area contributed by atoms with Crippen molar-refractivity contribution in [3.8, 4) is 45.6 Å². The van der Waals surface area contributed by atoms with E-state index in [-0.39, 0.29) is 68.9 Å². The second-order valence-corrected chi connectivity index (χ2v) is 14.3. The number of rotatable bonds is 4. The first kappa shape index (κ1) is 53.6. The smallest absolute Gasteiger partial charge is 0.657 e. The second-order valence-electron chi connectivity index (χ2n) is 14.3. The Labute approximate surface area is 450 Å². The summed E-state index contributed by atoms with van der Waals surface area (Å²) in [5.74, 6) is 0. The molecule has 0 aliphatic rings. The molecule has 0 atom stereocenters. The molecule has 0 radical (unpaired) electrons. The Kier molecular flexibility index (Phi) is 21.0. The van der Waals surface area contributed by atoms with Gasteiger partial charge in [0.2, 0.25) is 0 Å². The van der Waals surface area contributed by atoms with E-state index in [9.17, 15) is 9.59 Å². The van der Waals surface area contributed by atoms with E-state index in [1.54, 1.807) is 43.6 Å². The minimum atomic E-state index is -0.101. The average molecular weight is 1290 g/mol. The molecule has 0 unspecified atom stereocenters. The van der Waals surface area contributed by atoms with Crippen molar-refractivity contribution in [2.24, 2.45) is 0 Å². The molecule has 0 bridgehead atoms. The second kappa shape index (κ2) is 27.0. The Balaban J connectivity index is 0.000000169. The van der Waals surface area contributed by atoms with Gasteiger partial charge in [-0.25, -0.2) is 0 Å². The Morgan fingerprint density at radius 3 is 0.768 bits per heavy atom. The zero-order valence-electron chi connectivity index (χ0n) is 36.2. The molecule has 12 aromatic rings. The fourth-order valence-corrected chi connectivity index (χ4v) is 7.05. The van der Waals surface area contributed by atoms with Crippen LogP contribution in [0.5, 0.6) is 0 Å². The largest absolute Gasteiger partial charge is 2.00 e. The fraction of sp³-hybridized carbons (Fsp3) is 0.0182. The number of pyridine rings is 6. The van der Waals surface area contributed by atoms with E-state index in [0.717, 1.165) is 22.1 Å². The van der Waals surface area contributed by atoms with E-state index in [1.165, 1.54) is 45.8 Å². The Bertz CT molecular complexity index is 3120. The van der Waals surface area contributed by atoms with Gasteiger partial charge in [-0.05, 0) is 94.3 Å². The van der Waals surface area contributed by atoms with Crippen LogP contribution in [0.25, 0.3) is 89.2 Å². The standard InChI is InChI=1S/2C15H11N3O.2C12H8N.CH4.ClH.Na.2Pt/c2*19-11-9-14(12-5-1-3-7-16-12)18-15(10-11)13-6-2-4-8-17-13;2*1-3-7-11-9(5-1)10-6-2-4-8-12(10)13-11;;;;;/h2*1-10H,(H,18,19);2*1-8H;1H4;1H;;;/q;;2*-1;;;+1;2*+2/p-3. The molecule has 10 nitrogen and oxygen atoms in total. The van der Waals surface area contributed by atoms with Crippen LogP contribution in [-0.2, 0) is 39.8 Å². The number of fused-ring (bicyclic) bond motifs is 6. The number of hydrogen-bond donors (Lipinski definition) is 0. The van der Waals surface area contributed by atoms with Crippen molar-refractivity contribution in [3.05, 3.63) is 239 Å². The minimum Gasteiger partial charge on any atom is -0.657 e. The van der Waals surface area contributed by atoms with Crippen LogP contribution in [0.3, 0.4) is 0 Å². The summed E-state index contributed by atoms with van der Waals surface area (Å²) in [6.45, 7) is 0. The van der Waals surface area contributed by atoms with Gasteiger partial charge in [-0.2, -0.15) is 0 Å². The number of para-hydroxylation sites is 4. The molecule has 0 N–H and O–H groups in total. The molecule has 0 spiro atoms. The Morgan fingerprint density at radius 2 is 0.551 bits per heavy atom. The molecule has 4 aromatic carbocycles. The summed E-state index contributed by atoms with van der Waals surface area (Å²) in [5.41, 5.74) is 9.11. The zero-order chi connectivity index (χ0) is 45.5. The maximum absolute atomic E-state index is 11.8. The van der Waals surface area contributed by atoms with Crippen molar-refractivity contribution in [1.82, 2.24) is 39.9 Å². The molecular formula is C55H40ClN8NaO2Pt2. The fourth-order valence-electron chi connectivity index (χ4n) is 7.05. The third-order valence-electron chi connectivity index (χ3n) is 9.99. The quantitative estimate of drug-likeness (QED) is 0.158. The number of benzene rings is 4. The van der Waals surface area contributed by atoms with Gasteiger partial charge in [-0.15, -0.1) is 44.8 Å². The van der Waals surface area contributed by atoms with Gasteiger partial charge in [0.25, 0.3) is 0 Å². The minimum absolute atomic E-state index is 0. The zero-order valence-corrected chi connectivity index (χ0v) is 43.5.